The minimum Gasteiger partial charge on any atom is -0.392 e. The van der Waals surface area contributed by atoms with Crippen LogP contribution in [0.3, 0.4) is 0 Å². The number of carbonyl (C=O) groups excluding carboxylic acids is 1. The summed E-state index contributed by atoms with van der Waals surface area (Å²) in [7, 11) is 0. The maximum atomic E-state index is 10.1. The summed E-state index contributed by atoms with van der Waals surface area (Å²) in [4.78, 5) is 10.1. The van der Waals surface area contributed by atoms with E-state index < -0.39 is 0 Å². The van der Waals surface area contributed by atoms with Crippen molar-refractivity contribution in [2.75, 3.05) is 0 Å². The summed E-state index contributed by atoms with van der Waals surface area (Å²) in [6.45, 7) is 4.30. The van der Waals surface area contributed by atoms with Gasteiger partial charge in [-0.1, -0.05) is 13.8 Å². The third-order valence-corrected chi connectivity index (χ3v) is 2.69. The fourth-order valence-electron chi connectivity index (χ4n) is 1.85. The Bertz CT molecular complexity index is 202. The van der Waals surface area contributed by atoms with Gasteiger partial charge in [0.05, 0.1) is 6.10 Å². The summed E-state index contributed by atoms with van der Waals surface area (Å²) >= 11 is 0. The van der Waals surface area contributed by atoms with Gasteiger partial charge >= 0.3 is 0 Å². The Morgan fingerprint density at radius 1 is 1.58 bits per heavy atom. The van der Waals surface area contributed by atoms with Gasteiger partial charge in [0.15, 0.2) is 0 Å². The average Bonchev–Trinajstić information content (AvgIpc) is 1.94. The van der Waals surface area contributed by atoms with E-state index in [0.717, 1.165) is 19.3 Å². The zero-order valence-corrected chi connectivity index (χ0v) is 7.71. The molecule has 12 heavy (non-hydrogen) atoms. The molecule has 1 aliphatic rings. The standard InChI is InChI=1S/C10H16O2/c1-10(2)5-3-8(4-6-11)9(12)7-10/h4,8-9,12H,3,5,7H2,1-2H3. The normalized spacial score (nSPS) is 33.9. The second kappa shape index (κ2) is 3.42. The van der Waals surface area contributed by atoms with Crippen molar-refractivity contribution in [2.45, 2.75) is 39.2 Å². The molecule has 1 aliphatic carbocycles. The molecular weight excluding hydrogens is 152 g/mol. The average molecular weight is 168 g/mol. The first kappa shape index (κ1) is 9.50. The van der Waals surface area contributed by atoms with E-state index in [1.54, 1.807) is 5.94 Å². The molecule has 68 valence electrons. The molecule has 0 radical (unpaired) electrons. The van der Waals surface area contributed by atoms with Gasteiger partial charge in [-0.25, -0.2) is 4.79 Å². The van der Waals surface area contributed by atoms with Gasteiger partial charge in [0.2, 0.25) is 0 Å². The van der Waals surface area contributed by atoms with Gasteiger partial charge in [-0.3, -0.25) is 0 Å². The van der Waals surface area contributed by atoms with Gasteiger partial charge in [-0.2, -0.15) is 0 Å². The number of hydrogen-bond donors (Lipinski definition) is 1. The van der Waals surface area contributed by atoms with E-state index >= 15 is 0 Å². The van der Waals surface area contributed by atoms with Crippen LogP contribution in [-0.2, 0) is 4.79 Å². The first-order valence-electron chi connectivity index (χ1n) is 4.44. The van der Waals surface area contributed by atoms with E-state index in [2.05, 4.69) is 13.8 Å². The molecule has 0 saturated heterocycles. The lowest BCUT2D eigenvalue weighted by atomic mass is 9.71. The molecule has 0 aromatic heterocycles. The first-order chi connectivity index (χ1) is 5.55. The summed E-state index contributed by atoms with van der Waals surface area (Å²) in [5.41, 5.74) is 0.229. The van der Waals surface area contributed by atoms with Crippen LogP contribution in [0.15, 0.2) is 6.08 Å². The van der Waals surface area contributed by atoms with Gasteiger partial charge in [0, 0.05) is 12.0 Å². The smallest absolute Gasteiger partial charge is 0.120 e. The van der Waals surface area contributed by atoms with Crippen molar-refractivity contribution in [3.8, 4) is 0 Å². The van der Waals surface area contributed by atoms with E-state index in [9.17, 15) is 9.90 Å². The number of hydrogen-bond acceptors (Lipinski definition) is 2. The van der Waals surface area contributed by atoms with Crippen molar-refractivity contribution < 1.29 is 9.90 Å². The zero-order chi connectivity index (χ0) is 9.19. The number of aliphatic hydroxyl groups excluding tert-OH is 1. The molecule has 1 fully saturated rings. The molecule has 0 heterocycles. The highest BCUT2D eigenvalue weighted by molar-refractivity contribution is 5.45. The third-order valence-electron chi connectivity index (χ3n) is 2.69. The largest absolute Gasteiger partial charge is 0.392 e. The molecule has 0 amide bonds. The second-order valence-electron chi connectivity index (χ2n) is 4.42. The second-order valence-corrected chi connectivity index (χ2v) is 4.42. The van der Waals surface area contributed by atoms with E-state index in [0.29, 0.717) is 0 Å². The molecule has 2 unspecified atom stereocenters. The van der Waals surface area contributed by atoms with Gasteiger partial charge in [-0.15, -0.1) is 0 Å². The summed E-state index contributed by atoms with van der Waals surface area (Å²) in [5, 5.41) is 9.63. The molecule has 0 aromatic rings. The lowest BCUT2D eigenvalue weighted by molar-refractivity contribution is 0.0348. The van der Waals surface area contributed by atoms with Crippen molar-refractivity contribution in [2.24, 2.45) is 11.3 Å². The quantitative estimate of drug-likeness (QED) is 0.603. The SMILES string of the molecule is CC1(C)CCC(C=C=O)C(O)C1. The van der Waals surface area contributed by atoms with Gasteiger partial charge < -0.3 is 5.11 Å². The van der Waals surface area contributed by atoms with Crippen LogP contribution in [0.4, 0.5) is 0 Å². The van der Waals surface area contributed by atoms with Crippen LogP contribution in [0.1, 0.15) is 33.1 Å². The summed E-state index contributed by atoms with van der Waals surface area (Å²) in [6, 6.07) is 0. The van der Waals surface area contributed by atoms with Gasteiger partial charge in [0.1, 0.15) is 5.94 Å². The van der Waals surface area contributed by atoms with Gasteiger partial charge in [0.25, 0.3) is 0 Å². The maximum absolute atomic E-state index is 10.1. The minimum absolute atomic E-state index is 0.0375. The highest BCUT2D eigenvalue weighted by atomic mass is 16.3. The molecule has 1 rings (SSSR count). The number of aliphatic hydroxyl groups is 1. The molecule has 1 N–H and O–H groups in total. The Morgan fingerprint density at radius 3 is 2.75 bits per heavy atom. The fourth-order valence-corrected chi connectivity index (χ4v) is 1.85. The third kappa shape index (κ3) is 2.20. The summed E-state index contributed by atoms with van der Waals surface area (Å²) in [5.74, 6) is 1.80. The molecule has 2 atom stereocenters. The van der Waals surface area contributed by atoms with E-state index in [1.807, 2.05) is 0 Å². The van der Waals surface area contributed by atoms with E-state index in [4.69, 9.17) is 0 Å². The zero-order valence-electron chi connectivity index (χ0n) is 7.71. The monoisotopic (exact) mass is 168 g/mol. The van der Waals surface area contributed by atoms with Crippen LogP contribution < -0.4 is 0 Å². The van der Waals surface area contributed by atoms with Gasteiger partial charge in [-0.05, 0) is 24.7 Å². The molecule has 1 saturated carbocycles. The predicted molar refractivity (Wildman–Crippen MR) is 47.4 cm³/mol. The molecular formula is C10H16O2. The van der Waals surface area contributed by atoms with Crippen LogP contribution in [-0.4, -0.2) is 17.2 Å². The Labute approximate surface area is 73.3 Å². The van der Waals surface area contributed by atoms with E-state index in [-0.39, 0.29) is 17.4 Å². The topological polar surface area (TPSA) is 37.3 Å². The van der Waals surface area contributed by atoms with Crippen molar-refractivity contribution in [1.29, 1.82) is 0 Å². The van der Waals surface area contributed by atoms with Crippen molar-refractivity contribution in [3.05, 3.63) is 6.08 Å². The minimum atomic E-state index is -0.352. The molecule has 0 spiro atoms. The molecule has 0 aliphatic heterocycles. The lowest BCUT2D eigenvalue weighted by Crippen LogP contribution is -2.32. The first-order valence-corrected chi connectivity index (χ1v) is 4.44. The molecule has 0 aromatic carbocycles. The Balaban J connectivity index is 2.59. The molecule has 0 bridgehead atoms. The lowest BCUT2D eigenvalue weighted by Gasteiger charge is -2.36. The number of rotatable bonds is 1. The van der Waals surface area contributed by atoms with Crippen molar-refractivity contribution >= 4 is 5.94 Å². The Kier molecular flexibility index (Phi) is 2.71. The maximum Gasteiger partial charge on any atom is 0.120 e. The highest BCUT2D eigenvalue weighted by Gasteiger charge is 2.32. The predicted octanol–water partition coefficient (Wildman–Crippen LogP) is 1.56. The summed E-state index contributed by atoms with van der Waals surface area (Å²) in [6.07, 6.45) is 3.88. The summed E-state index contributed by atoms with van der Waals surface area (Å²) < 4.78 is 0. The molecule has 2 nitrogen and oxygen atoms in total. The van der Waals surface area contributed by atoms with Crippen molar-refractivity contribution in [3.63, 3.8) is 0 Å². The van der Waals surface area contributed by atoms with Crippen LogP contribution in [0.5, 0.6) is 0 Å². The van der Waals surface area contributed by atoms with E-state index in [1.165, 1.54) is 6.08 Å². The Hall–Kier alpha value is -0.590. The van der Waals surface area contributed by atoms with Crippen LogP contribution in [0.2, 0.25) is 0 Å². The van der Waals surface area contributed by atoms with Crippen LogP contribution >= 0.6 is 0 Å². The van der Waals surface area contributed by atoms with Crippen LogP contribution in [0.25, 0.3) is 0 Å². The highest BCUT2D eigenvalue weighted by Crippen LogP contribution is 2.38. The molecule has 2 heteroatoms. The fraction of sp³-hybridized carbons (Fsp3) is 0.800. The van der Waals surface area contributed by atoms with Crippen LogP contribution in [0, 0.1) is 11.3 Å². The Morgan fingerprint density at radius 2 is 2.25 bits per heavy atom. The van der Waals surface area contributed by atoms with Crippen molar-refractivity contribution in [1.82, 2.24) is 0 Å².